The van der Waals surface area contributed by atoms with Gasteiger partial charge in [0.15, 0.2) is 0 Å². The third-order valence-corrected chi connectivity index (χ3v) is 10.1. The van der Waals surface area contributed by atoms with Crippen LogP contribution in [0.3, 0.4) is 0 Å². The third kappa shape index (κ3) is 6.68. The first-order chi connectivity index (χ1) is 17.8. The summed E-state index contributed by atoms with van der Waals surface area (Å²) in [6.45, 7) is 4.67. The fourth-order valence-electron chi connectivity index (χ4n) is 4.81. The molecule has 2 fully saturated rings. The van der Waals surface area contributed by atoms with Gasteiger partial charge < -0.3 is 9.64 Å². The van der Waals surface area contributed by atoms with Crippen LogP contribution in [-0.4, -0.2) is 80.8 Å². The highest BCUT2D eigenvalue weighted by molar-refractivity contribution is 7.89. The molecule has 14 heteroatoms. The van der Waals surface area contributed by atoms with E-state index >= 15 is 0 Å². The van der Waals surface area contributed by atoms with E-state index in [1.54, 1.807) is 44.3 Å². The molecule has 0 atom stereocenters. The number of piperazine rings is 1. The minimum absolute atomic E-state index is 0.139. The summed E-state index contributed by atoms with van der Waals surface area (Å²) in [7, 11) is -6.68. The van der Waals surface area contributed by atoms with Gasteiger partial charge in [-0.05, 0) is 57.7 Å². The quantitative estimate of drug-likeness (QED) is 0.496. The van der Waals surface area contributed by atoms with E-state index < -0.39 is 30.9 Å². The Kier molecular flexibility index (Phi) is 8.72. The van der Waals surface area contributed by atoms with Crippen molar-refractivity contribution in [2.45, 2.75) is 56.9 Å². The van der Waals surface area contributed by atoms with Crippen LogP contribution in [-0.2, 0) is 20.0 Å². The smallest absolute Gasteiger partial charge is 0.316 e. The first kappa shape index (κ1) is 28.8. The standard InChI is InChI=1S/C24H34ClN5O6S2/c1-17(2)38(34,35)29-13-11-28(12-14-29)22-16-26-30(20-6-4-5-18(25)15-20)24(31)23(22)36-21-9-7-19(8-10-21)27-37(3,32)33/h4-6,15-17,19,21,27H,7-14H2,1-3H3. The number of anilines is 1. The maximum Gasteiger partial charge on any atom is 0.316 e. The van der Waals surface area contributed by atoms with Crippen molar-refractivity contribution in [3.63, 3.8) is 0 Å². The molecule has 1 aromatic heterocycles. The zero-order valence-electron chi connectivity index (χ0n) is 21.7. The second-order valence-electron chi connectivity index (χ2n) is 10.0. The van der Waals surface area contributed by atoms with Crippen molar-refractivity contribution in [1.29, 1.82) is 0 Å². The predicted octanol–water partition coefficient (Wildman–Crippen LogP) is 1.99. The molecule has 1 N–H and O–H groups in total. The SMILES string of the molecule is CC(C)S(=O)(=O)N1CCN(c2cnn(-c3cccc(Cl)c3)c(=O)c2OC2CCC(NS(C)(=O)=O)CC2)CC1. The van der Waals surface area contributed by atoms with Gasteiger partial charge in [-0.15, -0.1) is 0 Å². The van der Waals surface area contributed by atoms with Gasteiger partial charge in [-0.2, -0.15) is 14.1 Å². The van der Waals surface area contributed by atoms with Crippen molar-refractivity contribution in [3.05, 3.63) is 45.8 Å². The van der Waals surface area contributed by atoms with Gasteiger partial charge in [-0.3, -0.25) is 4.79 Å². The van der Waals surface area contributed by atoms with Crippen LogP contribution < -0.4 is 19.9 Å². The number of aromatic nitrogens is 2. The lowest BCUT2D eigenvalue weighted by molar-refractivity contribution is 0.142. The number of nitrogens with zero attached hydrogens (tertiary/aromatic N) is 4. The molecule has 1 aliphatic carbocycles. The average Bonchev–Trinajstić information content (AvgIpc) is 2.85. The summed E-state index contributed by atoms with van der Waals surface area (Å²) in [5, 5.41) is 4.33. The molecule has 11 nitrogen and oxygen atoms in total. The number of sulfonamides is 2. The molecular formula is C24H34ClN5O6S2. The highest BCUT2D eigenvalue weighted by Crippen LogP contribution is 2.30. The Morgan fingerprint density at radius 2 is 1.71 bits per heavy atom. The molecule has 1 saturated heterocycles. The van der Waals surface area contributed by atoms with Crippen molar-refractivity contribution in [2.75, 3.05) is 37.3 Å². The van der Waals surface area contributed by atoms with Gasteiger partial charge in [-0.1, -0.05) is 17.7 Å². The molecule has 38 heavy (non-hydrogen) atoms. The van der Waals surface area contributed by atoms with Crippen molar-refractivity contribution in [2.24, 2.45) is 0 Å². The molecule has 0 spiro atoms. The van der Waals surface area contributed by atoms with Crippen molar-refractivity contribution < 1.29 is 21.6 Å². The molecule has 2 heterocycles. The lowest BCUT2D eigenvalue weighted by atomic mass is 9.93. The largest absolute Gasteiger partial charge is 0.483 e. The molecule has 1 aliphatic heterocycles. The molecular weight excluding hydrogens is 554 g/mol. The Hall–Kier alpha value is -2.19. The Labute approximate surface area is 228 Å². The van der Waals surface area contributed by atoms with Crippen LogP contribution in [0.25, 0.3) is 5.69 Å². The molecule has 1 saturated carbocycles. The second-order valence-corrected chi connectivity index (χ2v) is 14.7. The highest BCUT2D eigenvalue weighted by atomic mass is 35.5. The third-order valence-electron chi connectivity index (χ3n) is 6.84. The summed E-state index contributed by atoms with van der Waals surface area (Å²) in [4.78, 5) is 15.6. The Bertz CT molecular complexity index is 1410. The van der Waals surface area contributed by atoms with Crippen LogP contribution in [0.5, 0.6) is 5.75 Å². The molecule has 0 unspecified atom stereocenters. The van der Waals surface area contributed by atoms with E-state index in [0.29, 0.717) is 68.3 Å². The number of ether oxygens (including phenoxy) is 1. The van der Waals surface area contributed by atoms with Gasteiger partial charge in [-0.25, -0.2) is 21.6 Å². The van der Waals surface area contributed by atoms with Crippen molar-refractivity contribution in [3.8, 4) is 11.4 Å². The van der Waals surface area contributed by atoms with E-state index in [0.717, 1.165) is 6.26 Å². The van der Waals surface area contributed by atoms with Gasteiger partial charge in [0, 0.05) is 37.2 Å². The average molecular weight is 588 g/mol. The Morgan fingerprint density at radius 3 is 2.29 bits per heavy atom. The van der Waals surface area contributed by atoms with E-state index in [4.69, 9.17) is 16.3 Å². The maximum atomic E-state index is 13.7. The van der Waals surface area contributed by atoms with Gasteiger partial charge >= 0.3 is 5.56 Å². The van der Waals surface area contributed by atoms with Gasteiger partial charge in [0.25, 0.3) is 0 Å². The Morgan fingerprint density at radius 1 is 1.05 bits per heavy atom. The zero-order valence-corrected chi connectivity index (χ0v) is 24.1. The number of hydrogen-bond donors (Lipinski definition) is 1. The van der Waals surface area contributed by atoms with E-state index in [1.165, 1.54) is 8.99 Å². The summed E-state index contributed by atoms with van der Waals surface area (Å²) in [5.74, 6) is 0.139. The summed E-state index contributed by atoms with van der Waals surface area (Å²) in [5.41, 5.74) is 0.553. The van der Waals surface area contributed by atoms with Crippen LogP contribution >= 0.6 is 11.6 Å². The molecule has 4 rings (SSSR count). The van der Waals surface area contributed by atoms with Crippen LogP contribution in [0.15, 0.2) is 35.3 Å². The number of hydrogen-bond acceptors (Lipinski definition) is 8. The van der Waals surface area contributed by atoms with E-state index in [9.17, 15) is 21.6 Å². The topological polar surface area (TPSA) is 131 Å². The molecule has 0 amide bonds. The van der Waals surface area contributed by atoms with Gasteiger partial charge in [0.05, 0.1) is 29.5 Å². The lowest BCUT2D eigenvalue weighted by Gasteiger charge is -2.37. The van der Waals surface area contributed by atoms with Crippen LogP contribution in [0.4, 0.5) is 5.69 Å². The molecule has 2 aromatic rings. The highest BCUT2D eigenvalue weighted by Gasteiger charge is 2.32. The summed E-state index contributed by atoms with van der Waals surface area (Å²) >= 11 is 6.14. The molecule has 0 bridgehead atoms. The van der Waals surface area contributed by atoms with Crippen molar-refractivity contribution in [1.82, 2.24) is 18.8 Å². The van der Waals surface area contributed by atoms with E-state index in [1.807, 2.05) is 4.90 Å². The monoisotopic (exact) mass is 587 g/mol. The summed E-state index contributed by atoms with van der Waals surface area (Å²) in [6.07, 6.45) is 4.76. The van der Waals surface area contributed by atoms with Gasteiger partial charge in [0.1, 0.15) is 5.69 Å². The van der Waals surface area contributed by atoms with Gasteiger partial charge in [0.2, 0.25) is 25.8 Å². The summed E-state index contributed by atoms with van der Waals surface area (Å²) in [6, 6.07) is 6.62. The molecule has 0 radical (unpaired) electrons. The number of nitrogens with one attached hydrogen (secondary N) is 1. The fraction of sp³-hybridized carbons (Fsp3) is 0.583. The van der Waals surface area contributed by atoms with Crippen molar-refractivity contribution >= 4 is 37.3 Å². The molecule has 2 aliphatic rings. The predicted molar refractivity (Wildman–Crippen MR) is 147 cm³/mol. The van der Waals surface area contributed by atoms with Crippen LogP contribution in [0, 0.1) is 0 Å². The lowest BCUT2D eigenvalue weighted by Crippen LogP contribution is -2.51. The maximum absolute atomic E-state index is 13.7. The number of halogens is 1. The number of benzene rings is 1. The number of rotatable bonds is 8. The minimum atomic E-state index is -3.38. The van der Waals surface area contributed by atoms with Crippen LogP contribution in [0.2, 0.25) is 5.02 Å². The normalized spacial score (nSPS) is 21.6. The second kappa shape index (κ2) is 11.5. The summed E-state index contributed by atoms with van der Waals surface area (Å²) < 4.78 is 60.1. The molecule has 1 aromatic carbocycles. The fourth-order valence-corrected chi connectivity index (χ4v) is 7.10. The minimum Gasteiger partial charge on any atom is -0.483 e. The van der Waals surface area contributed by atoms with E-state index in [-0.39, 0.29) is 17.9 Å². The molecule has 210 valence electrons. The zero-order chi connectivity index (χ0) is 27.7. The first-order valence-corrected chi connectivity index (χ1v) is 16.4. The van der Waals surface area contributed by atoms with Crippen LogP contribution in [0.1, 0.15) is 39.5 Å². The Balaban J connectivity index is 1.60. The first-order valence-electron chi connectivity index (χ1n) is 12.6. The van der Waals surface area contributed by atoms with E-state index in [2.05, 4.69) is 9.82 Å².